The number of aryl methyl sites for hydroxylation is 1. The molecule has 0 saturated carbocycles. The van der Waals surface area contributed by atoms with Crippen LogP contribution in [0.15, 0.2) is 61.2 Å². The predicted molar refractivity (Wildman–Crippen MR) is 132 cm³/mol. The van der Waals surface area contributed by atoms with Gasteiger partial charge in [-0.15, -0.1) is 6.58 Å². The van der Waals surface area contributed by atoms with Crippen LogP contribution in [0.2, 0.25) is 0 Å². The highest BCUT2D eigenvalue weighted by Crippen LogP contribution is 2.36. The summed E-state index contributed by atoms with van der Waals surface area (Å²) in [5.41, 5.74) is 1.87. The van der Waals surface area contributed by atoms with Crippen molar-refractivity contribution in [3.63, 3.8) is 0 Å². The molecule has 1 fully saturated rings. The summed E-state index contributed by atoms with van der Waals surface area (Å²) in [5.74, 6) is -3.69. The summed E-state index contributed by atoms with van der Waals surface area (Å²) in [4.78, 5) is 0. The van der Waals surface area contributed by atoms with Gasteiger partial charge in [0.1, 0.15) is 0 Å². The van der Waals surface area contributed by atoms with Crippen LogP contribution in [0.4, 0.5) is 17.6 Å². The lowest BCUT2D eigenvalue weighted by molar-refractivity contribution is -0.000881. The molecule has 2 unspecified atom stereocenters. The molecule has 0 aromatic heterocycles. The molecule has 35 heavy (non-hydrogen) atoms. The monoisotopic (exact) mass is 482 g/mol. The Bertz CT molecular complexity index is 1180. The molecule has 1 nitrogen and oxygen atoms in total. The molecule has 3 aromatic rings. The highest BCUT2D eigenvalue weighted by atomic mass is 19.2. The van der Waals surface area contributed by atoms with E-state index in [-0.39, 0.29) is 23.1 Å². The molecular weight excluding hydrogens is 452 g/mol. The van der Waals surface area contributed by atoms with E-state index in [4.69, 9.17) is 4.74 Å². The van der Waals surface area contributed by atoms with Gasteiger partial charge in [0, 0.05) is 17.0 Å². The van der Waals surface area contributed by atoms with Crippen molar-refractivity contribution in [3.8, 4) is 22.3 Å². The highest BCUT2D eigenvalue weighted by Gasteiger charge is 2.27. The van der Waals surface area contributed by atoms with E-state index in [2.05, 4.69) is 6.58 Å². The summed E-state index contributed by atoms with van der Waals surface area (Å²) >= 11 is 0. The number of allylic oxidation sites excluding steroid dienone is 1. The average molecular weight is 483 g/mol. The Morgan fingerprint density at radius 3 is 2.03 bits per heavy atom. The van der Waals surface area contributed by atoms with Gasteiger partial charge in [-0.05, 0) is 54.4 Å². The molecule has 1 aliphatic heterocycles. The fourth-order valence-electron chi connectivity index (χ4n) is 4.79. The predicted octanol–water partition coefficient (Wildman–Crippen LogP) is 8.76. The summed E-state index contributed by atoms with van der Waals surface area (Å²) in [6.07, 6.45) is 6.48. The van der Waals surface area contributed by atoms with E-state index in [1.54, 1.807) is 48.5 Å². The van der Waals surface area contributed by atoms with Crippen LogP contribution in [0, 0.1) is 23.3 Å². The zero-order valence-electron chi connectivity index (χ0n) is 19.9. The second kappa shape index (κ2) is 11.2. The first-order valence-electron chi connectivity index (χ1n) is 12.2. The number of rotatable bonds is 8. The van der Waals surface area contributed by atoms with Gasteiger partial charge < -0.3 is 4.74 Å². The van der Waals surface area contributed by atoms with Crippen LogP contribution in [0.5, 0.6) is 0 Å². The quantitative estimate of drug-likeness (QED) is 0.230. The standard InChI is InChI=1S/C30H30F4O/c1-3-5-7-23-14-12-22(18-35-23)26-17-16-25(29(33)30(26)34)20-10-8-19(9-11-20)24-15-13-21(6-4-2)27(31)28(24)32/h3,8-11,13,15-17,22-23H,1,4-7,12,14,18H2,2H3. The van der Waals surface area contributed by atoms with E-state index in [0.717, 1.165) is 32.1 Å². The minimum atomic E-state index is -0.912. The lowest BCUT2D eigenvalue weighted by Gasteiger charge is -2.29. The van der Waals surface area contributed by atoms with E-state index in [0.29, 0.717) is 35.3 Å². The SMILES string of the molecule is C=CCCC1CCC(c2ccc(-c3ccc(-c4ccc(CCC)c(F)c4F)cc3)c(F)c2F)CO1. The fraction of sp³-hybridized carbons (Fsp3) is 0.333. The number of ether oxygens (including phenoxy) is 1. The van der Waals surface area contributed by atoms with Crippen molar-refractivity contribution in [2.45, 2.75) is 57.5 Å². The zero-order valence-corrected chi connectivity index (χ0v) is 19.9. The van der Waals surface area contributed by atoms with E-state index >= 15 is 8.78 Å². The van der Waals surface area contributed by atoms with E-state index < -0.39 is 23.3 Å². The summed E-state index contributed by atoms with van der Waals surface area (Å²) in [7, 11) is 0. The Morgan fingerprint density at radius 1 is 0.829 bits per heavy atom. The topological polar surface area (TPSA) is 9.23 Å². The average Bonchev–Trinajstić information content (AvgIpc) is 2.88. The van der Waals surface area contributed by atoms with Crippen molar-refractivity contribution in [2.24, 2.45) is 0 Å². The maximum atomic E-state index is 15.1. The van der Waals surface area contributed by atoms with Crippen LogP contribution in [0.25, 0.3) is 22.3 Å². The maximum absolute atomic E-state index is 15.1. The molecule has 0 aliphatic carbocycles. The van der Waals surface area contributed by atoms with Gasteiger partial charge in [-0.1, -0.05) is 68.0 Å². The van der Waals surface area contributed by atoms with Crippen molar-refractivity contribution >= 4 is 0 Å². The fourth-order valence-corrected chi connectivity index (χ4v) is 4.79. The minimum absolute atomic E-state index is 0.128. The van der Waals surface area contributed by atoms with Gasteiger partial charge in [0.2, 0.25) is 0 Å². The molecule has 0 bridgehead atoms. The molecule has 0 spiro atoms. The largest absolute Gasteiger partial charge is 0.378 e. The molecule has 2 atom stereocenters. The van der Waals surface area contributed by atoms with Crippen molar-refractivity contribution in [1.29, 1.82) is 0 Å². The van der Waals surface area contributed by atoms with Gasteiger partial charge in [-0.3, -0.25) is 0 Å². The van der Waals surface area contributed by atoms with Crippen LogP contribution in [0.3, 0.4) is 0 Å². The number of benzene rings is 3. The molecule has 1 aliphatic rings. The van der Waals surface area contributed by atoms with Gasteiger partial charge in [0.25, 0.3) is 0 Å². The van der Waals surface area contributed by atoms with Crippen LogP contribution in [-0.4, -0.2) is 12.7 Å². The molecule has 1 heterocycles. The molecule has 5 heteroatoms. The summed E-state index contributed by atoms with van der Waals surface area (Å²) in [6.45, 7) is 5.99. The Balaban J connectivity index is 1.53. The van der Waals surface area contributed by atoms with Crippen molar-refractivity contribution in [2.75, 3.05) is 6.61 Å². The summed E-state index contributed by atoms with van der Waals surface area (Å²) < 4.78 is 64.9. The minimum Gasteiger partial charge on any atom is -0.378 e. The molecule has 1 saturated heterocycles. The first-order valence-corrected chi connectivity index (χ1v) is 12.2. The van der Waals surface area contributed by atoms with Crippen molar-refractivity contribution in [3.05, 3.63) is 95.6 Å². The summed E-state index contributed by atoms with van der Waals surface area (Å²) in [6, 6.07) is 12.7. The van der Waals surface area contributed by atoms with Gasteiger partial charge >= 0.3 is 0 Å². The normalized spacial score (nSPS) is 18.0. The molecule has 4 rings (SSSR count). The first-order chi connectivity index (χ1) is 16.9. The second-order valence-electron chi connectivity index (χ2n) is 9.15. The third-order valence-corrected chi connectivity index (χ3v) is 6.80. The Morgan fingerprint density at radius 2 is 1.46 bits per heavy atom. The molecule has 3 aromatic carbocycles. The number of hydrogen-bond acceptors (Lipinski definition) is 1. The van der Waals surface area contributed by atoms with Crippen LogP contribution < -0.4 is 0 Å². The van der Waals surface area contributed by atoms with Crippen LogP contribution in [-0.2, 0) is 11.2 Å². The highest BCUT2D eigenvalue weighted by molar-refractivity contribution is 5.71. The van der Waals surface area contributed by atoms with Crippen LogP contribution in [0.1, 0.15) is 56.1 Å². The van der Waals surface area contributed by atoms with E-state index in [1.807, 2.05) is 13.0 Å². The summed E-state index contributed by atoms with van der Waals surface area (Å²) in [5, 5.41) is 0. The number of hydrogen-bond donors (Lipinski definition) is 0. The third kappa shape index (κ3) is 5.35. The Labute approximate surface area is 204 Å². The molecule has 0 radical (unpaired) electrons. The Hall–Kier alpha value is -2.92. The molecule has 184 valence electrons. The molecule has 0 N–H and O–H groups in total. The molecule has 0 amide bonds. The number of halogens is 4. The van der Waals surface area contributed by atoms with Crippen LogP contribution >= 0.6 is 0 Å². The third-order valence-electron chi connectivity index (χ3n) is 6.80. The van der Waals surface area contributed by atoms with Gasteiger partial charge in [-0.2, -0.15) is 0 Å². The van der Waals surface area contributed by atoms with Crippen molar-refractivity contribution in [1.82, 2.24) is 0 Å². The van der Waals surface area contributed by atoms with Gasteiger partial charge in [0.05, 0.1) is 12.7 Å². The van der Waals surface area contributed by atoms with Gasteiger partial charge in [-0.25, -0.2) is 17.6 Å². The lowest BCUT2D eigenvalue weighted by Crippen LogP contribution is -2.25. The lowest BCUT2D eigenvalue weighted by atomic mass is 9.88. The smallest absolute Gasteiger partial charge is 0.166 e. The molecular formula is C30H30F4O. The van der Waals surface area contributed by atoms with Crippen molar-refractivity contribution < 1.29 is 22.3 Å². The van der Waals surface area contributed by atoms with Gasteiger partial charge in [0.15, 0.2) is 23.3 Å². The Kier molecular flexibility index (Phi) is 8.07. The second-order valence-corrected chi connectivity index (χ2v) is 9.15. The zero-order chi connectivity index (χ0) is 24.9. The first kappa shape index (κ1) is 25.2. The van der Waals surface area contributed by atoms with E-state index in [9.17, 15) is 8.78 Å². The maximum Gasteiger partial charge on any atom is 0.166 e. The van der Waals surface area contributed by atoms with E-state index in [1.165, 1.54) is 0 Å².